The molecule has 1 amide bonds. The second-order valence-corrected chi connectivity index (χ2v) is 10.8. The van der Waals surface area contributed by atoms with Gasteiger partial charge in [0.15, 0.2) is 0 Å². The van der Waals surface area contributed by atoms with E-state index in [9.17, 15) is 13.2 Å². The van der Waals surface area contributed by atoms with Crippen LogP contribution in [0.1, 0.15) is 12.8 Å². The second-order valence-electron chi connectivity index (χ2n) is 6.19. The Hall–Kier alpha value is -1.42. The quantitative estimate of drug-likeness (QED) is 0.628. The lowest BCUT2D eigenvalue weighted by atomic mass is 9.97. The standard InChI is InChI=1S/C18H21BrN2O4S2/c19-16-6-7-17(26-16)27(23,24)21-11-8-14(9-12-21)18(22)20-10-13-25-15-4-2-1-3-5-15/h1-7,14H,8-13H2,(H,20,22). The van der Waals surface area contributed by atoms with Crippen molar-refractivity contribution in [1.82, 2.24) is 9.62 Å². The number of nitrogens with one attached hydrogen (secondary N) is 1. The van der Waals surface area contributed by atoms with Gasteiger partial charge in [-0.3, -0.25) is 4.79 Å². The van der Waals surface area contributed by atoms with Crippen molar-refractivity contribution in [2.75, 3.05) is 26.2 Å². The number of rotatable bonds is 7. The molecule has 1 fully saturated rings. The van der Waals surface area contributed by atoms with Crippen LogP contribution in [0.2, 0.25) is 0 Å². The van der Waals surface area contributed by atoms with Gasteiger partial charge in [0.25, 0.3) is 10.0 Å². The third-order valence-corrected chi connectivity index (χ3v) is 8.37. The summed E-state index contributed by atoms with van der Waals surface area (Å²) >= 11 is 4.50. The molecule has 6 nitrogen and oxygen atoms in total. The summed E-state index contributed by atoms with van der Waals surface area (Å²) in [5.74, 6) is 0.566. The van der Waals surface area contributed by atoms with Crippen LogP contribution in [0.15, 0.2) is 50.5 Å². The van der Waals surface area contributed by atoms with Crippen LogP contribution >= 0.6 is 27.3 Å². The molecule has 1 saturated heterocycles. The normalized spacial score (nSPS) is 16.2. The Labute approximate surface area is 171 Å². The minimum absolute atomic E-state index is 0.0393. The first-order valence-corrected chi connectivity index (χ1v) is 11.7. The topological polar surface area (TPSA) is 75.7 Å². The summed E-state index contributed by atoms with van der Waals surface area (Å²) in [5, 5.41) is 2.88. The van der Waals surface area contributed by atoms with E-state index in [0.29, 0.717) is 43.3 Å². The van der Waals surface area contributed by atoms with Crippen molar-refractivity contribution in [3.63, 3.8) is 0 Å². The number of halogens is 1. The van der Waals surface area contributed by atoms with E-state index in [0.717, 1.165) is 9.54 Å². The van der Waals surface area contributed by atoms with E-state index in [1.165, 1.54) is 15.6 Å². The molecule has 27 heavy (non-hydrogen) atoms. The van der Waals surface area contributed by atoms with E-state index in [-0.39, 0.29) is 11.8 Å². The highest BCUT2D eigenvalue weighted by Crippen LogP contribution is 2.30. The zero-order valence-electron chi connectivity index (χ0n) is 14.6. The zero-order valence-corrected chi connectivity index (χ0v) is 17.9. The number of benzene rings is 1. The van der Waals surface area contributed by atoms with Crippen LogP contribution in [-0.4, -0.2) is 44.9 Å². The Bertz CT molecular complexity index is 862. The van der Waals surface area contributed by atoms with Crippen LogP contribution in [0.5, 0.6) is 5.75 Å². The number of carbonyl (C=O) groups is 1. The average molecular weight is 473 g/mol. The number of thiophene rings is 1. The Balaban J connectivity index is 1.42. The highest BCUT2D eigenvalue weighted by molar-refractivity contribution is 9.11. The molecule has 1 aliphatic heterocycles. The molecule has 0 bridgehead atoms. The zero-order chi connectivity index (χ0) is 19.3. The maximum Gasteiger partial charge on any atom is 0.252 e. The number of amides is 1. The van der Waals surface area contributed by atoms with Gasteiger partial charge in [0.1, 0.15) is 16.6 Å². The summed E-state index contributed by atoms with van der Waals surface area (Å²) in [6.07, 6.45) is 1.05. The summed E-state index contributed by atoms with van der Waals surface area (Å²) in [5.41, 5.74) is 0. The van der Waals surface area contributed by atoms with Crippen LogP contribution in [0.4, 0.5) is 0 Å². The third kappa shape index (κ3) is 5.31. The molecular formula is C18H21BrN2O4S2. The van der Waals surface area contributed by atoms with E-state index in [2.05, 4.69) is 21.2 Å². The van der Waals surface area contributed by atoms with Gasteiger partial charge in [0, 0.05) is 19.0 Å². The molecule has 0 unspecified atom stereocenters. The van der Waals surface area contributed by atoms with Gasteiger partial charge in [0.05, 0.1) is 10.3 Å². The summed E-state index contributed by atoms with van der Waals surface area (Å²) in [6, 6.07) is 12.8. The summed E-state index contributed by atoms with van der Waals surface area (Å²) in [6.45, 7) is 1.54. The molecule has 0 radical (unpaired) electrons. The van der Waals surface area contributed by atoms with E-state index in [4.69, 9.17) is 4.74 Å². The molecule has 3 rings (SSSR count). The lowest BCUT2D eigenvalue weighted by molar-refractivity contribution is -0.126. The molecule has 1 aromatic heterocycles. The number of ether oxygens (including phenoxy) is 1. The van der Waals surface area contributed by atoms with Crippen molar-refractivity contribution in [2.24, 2.45) is 5.92 Å². The molecule has 0 atom stereocenters. The lowest BCUT2D eigenvalue weighted by Gasteiger charge is -2.30. The van der Waals surface area contributed by atoms with Crippen molar-refractivity contribution in [3.8, 4) is 5.75 Å². The van der Waals surface area contributed by atoms with Crippen LogP contribution in [0.3, 0.4) is 0 Å². The summed E-state index contributed by atoms with van der Waals surface area (Å²) < 4.78 is 33.4. The van der Waals surface area contributed by atoms with E-state index >= 15 is 0 Å². The van der Waals surface area contributed by atoms with Crippen LogP contribution in [-0.2, 0) is 14.8 Å². The fourth-order valence-electron chi connectivity index (χ4n) is 2.93. The maximum atomic E-state index is 12.6. The molecule has 1 aromatic carbocycles. The van der Waals surface area contributed by atoms with Crippen molar-refractivity contribution < 1.29 is 17.9 Å². The SMILES string of the molecule is O=C(NCCOc1ccccc1)C1CCN(S(=O)(=O)c2ccc(Br)s2)CC1. The number of hydrogen-bond donors (Lipinski definition) is 1. The second kappa shape index (κ2) is 9.18. The largest absolute Gasteiger partial charge is 0.492 e. The fraction of sp³-hybridized carbons (Fsp3) is 0.389. The van der Waals surface area contributed by atoms with Gasteiger partial charge in [-0.05, 0) is 53.0 Å². The van der Waals surface area contributed by atoms with Crippen LogP contribution in [0, 0.1) is 5.92 Å². The van der Waals surface area contributed by atoms with Gasteiger partial charge in [0.2, 0.25) is 5.91 Å². The van der Waals surface area contributed by atoms with Gasteiger partial charge in [-0.15, -0.1) is 11.3 Å². The predicted octanol–water partition coefficient (Wildman–Crippen LogP) is 3.11. The molecule has 0 saturated carbocycles. The van der Waals surface area contributed by atoms with Crippen molar-refractivity contribution in [1.29, 1.82) is 0 Å². The van der Waals surface area contributed by atoms with Crippen molar-refractivity contribution in [3.05, 3.63) is 46.3 Å². The molecule has 1 N–H and O–H groups in total. The van der Waals surface area contributed by atoms with Gasteiger partial charge < -0.3 is 10.1 Å². The highest BCUT2D eigenvalue weighted by Gasteiger charge is 2.32. The molecule has 2 aromatic rings. The van der Waals surface area contributed by atoms with Crippen molar-refractivity contribution in [2.45, 2.75) is 17.1 Å². The van der Waals surface area contributed by atoms with Crippen molar-refractivity contribution >= 4 is 43.2 Å². The highest BCUT2D eigenvalue weighted by atomic mass is 79.9. The number of sulfonamides is 1. The van der Waals surface area contributed by atoms with Gasteiger partial charge in [-0.2, -0.15) is 4.31 Å². The molecule has 0 aliphatic carbocycles. The maximum absolute atomic E-state index is 12.6. The minimum Gasteiger partial charge on any atom is -0.492 e. The molecule has 9 heteroatoms. The molecule has 2 heterocycles. The van der Waals surface area contributed by atoms with Crippen LogP contribution in [0.25, 0.3) is 0 Å². The average Bonchev–Trinajstić information content (AvgIpc) is 3.13. The van der Waals surface area contributed by atoms with Crippen LogP contribution < -0.4 is 10.1 Å². The molecule has 0 spiro atoms. The number of piperidine rings is 1. The first kappa shape index (κ1) is 20.3. The van der Waals surface area contributed by atoms with E-state index < -0.39 is 10.0 Å². The first-order valence-electron chi connectivity index (χ1n) is 8.68. The number of carbonyl (C=O) groups excluding carboxylic acids is 1. The molecular weight excluding hydrogens is 452 g/mol. The Kier molecular flexibility index (Phi) is 6.91. The molecule has 1 aliphatic rings. The van der Waals surface area contributed by atoms with E-state index in [1.54, 1.807) is 12.1 Å². The number of para-hydroxylation sites is 1. The summed E-state index contributed by atoms with van der Waals surface area (Å²) in [4.78, 5) is 12.3. The minimum atomic E-state index is -3.47. The monoisotopic (exact) mass is 472 g/mol. The Morgan fingerprint density at radius 2 is 1.89 bits per heavy atom. The van der Waals surface area contributed by atoms with Gasteiger partial charge in [-0.25, -0.2) is 8.42 Å². The lowest BCUT2D eigenvalue weighted by Crippen LogP contribution is -2.43. The van der Waals surface area contributed by atoms with Gasteiger partial charge in [-0.1, -0.05) is 18.2 Å². The number of nitrogens with zero attached hydrogens (tertiary/aromatic N) is 1. The third-order valence-electron chi connectivity index (χ3n) is 4.38. The molecule has 146 valence electrons. The number of hydrogen-bond acceptors (Lipinski definition) is 5. The Morgan fingerprint density at radius 3 is 2.52 bits per heavy atom. The fourth-order valence-corrected chi connectivity index (χ4v) is 6.56. The summed E-state index contributed by atoms with van der Waals surface area (Å²) in [7, 11) is -3.47. The predicted molar refractivity (Wildman–Crippen MR) is 108 cm³/mol. The smallest absolute Gasteiger partial charge is 0.252 e. The first-order chi connectivity index (χ1) is 13.0. The van der Waals surface area contributed by atoms with E-state index in [1.807, 2.05) is 30.3 Å². The van der Waals surface area contributed by atoms with Gasteiger partial charge >= 0.3 is 0 Å². The Morgan fingerprint density at radius 1 is 1.19 bits per heavy atom.